The molecule has 1 aliphatic rings. The molecule has 5 rings (SSSR count). The largest absolute Gasteiger partial charge is 0.350 e. The highest BCUT2D eigenvalue weighted by molar-refractivity contribution is 5.94. The van der Waals surface area contributed by atoms with Gasteiger partial charge in [-0.25, -0.2) is 4.98 Å². The van der Waals surface area contributed by atoms with Crippen LogP contribution in [0.4, 0.5) is 0 Å². The predicted octanol–water partition coefficient (Wildman–Crippen LogP) is 2.97. The molecule has 1 fully saturated rings. The Morgan fingerprint density at radius 3 is 2.71 bits per heavy atom. The van der Waals surface area contributed by atoms with Crippen molar-refractivity contribution >= 4 is 10.9 Å². The number of benzene rings is 1. The summed E-state index contributed by atoms with van der Waals surface area (Å²) in [6, 6.07) is 10.4. The number of likely N-dealkylation sites (N-methyl/N-ethyl adjacent to an activating group) is 1. The van der Waals surface area contributed by atoms with Crippen molar-refractivity contribution in [2.45, 2.75) is 18.8 Å². The SMILES string of the molecule is CN1CCCC(c2nc(-c3cn(C)c4ccccc34)n(-c3ccnn3C)n2)C1. The van der Waals surface area contributed by atoms with Crippen molar-refractivity contribution < 1.29 is 0 Å². The molecule has 0 aliphatic carbocycles. The average Bonchev–Trinajstić information content (AvgIpc) is 3.39. The number of aryl methyl sites for hydroxylation is 2. The summed E-state index contributed by atoms with van der Waals surface area (Å²) in [7, 11) is 6.20. The van der Waals surface area contributed by atoms with Gasteiger partial charge < -0.3 is 9.47 Å². The maximum absolute atomic E-state index is 5.07. The highest BCUT2D eigenvalue weighted by Crippen LogP contribution is 2.32. The Hall–Kier alpha value is -2.93. The fourth-order valence-electron chi connectivity index (χ4n) is 4.31. The molecule has 4 heterocycles. The van der Waals surface area contributed by atoms with Crippen LogP contribution >= 0.6 is 0 Å². The van der Waals surface area contributed by atoms with Crippen LogP contribution < -0.4 is 0 Å². The van der Waals surface area contributed by atoms with Crippen LogP contribution in [-0.4, -0.2) is 54.1 Å². The minimum Gasteiger partial charge on any atom is -0.350 e. The lowest BCUT2D eigenvalue weighted by atomic mass is 9.98. The molecule has 0 spiro atoms. The maximum atomic E-state index is 5.07. The van der Waals surface area contributed by atoms with Crippen molar-refractivity contribution in [1.82, 2.24) is 34.0 Å². The smallest absolute Gasteiger partial charge is 0.167 e. The van der Waals surface area contributed by atoms with Crippen LogP contribution in [0.1, 0.15) is 24.6 Å². The van der Waals surface area contributed by atoms with E-state index < -0.39 is 0 Å². The van der Waals surface area contributed by atoms with Gasteiger partial charge in [0.05, 0.1) is 6.20 Å². The van der Waals surface area contributed by atoms with Gasteiger partial charge >= 0.3 is 0 Å². The summed E-state index contributed by atoms with van der Waals surface area (Å²) in [5.41, 5.74) is 2.29. The minimum absolute atomic E-state index is 0.363. The summed E-state index contributed by atoms with van der Waals surface area (Å²) in [5, 5.41) is 10.5. The molecule has 4 aromatic rings. The van der Waals surface area contributed by atoms with Gasteiger partial charge in [-0.15, -0.1) is 5.10 Å². The van der Waals surface area contributed by atoms with Crippen LogP contribution in [0.15, 0.2) is 42.7 Å². The predicted molar refractivity (Wildman–Crippen MR) is 110 cm³/mol. The molecule has 7 heteroatoms. The molecule has 1 aromatic carbocycles. The molecule has 28 heavy (non-hydrogen) atoms. The first kappa shape index (κ1) is 17.2. The van der Waals surface area contributed by atoms with E-state index in [2.05, 4.69) is 59.1 Å². The van der Waals surface area contributed by atoms with Gasteiger partial charge in [-0.1, -0.05) is 18.2 Å². The Kier molecular flexibility index (Phi) is 4.05. The normalized spacial score (nSPS) is 18.2. The number of hydrogen-bond donors (Lipinski definition) is 0. The van der Waals surface area contributed by atoms with Crippen molar-refractivity contribution in [1.29, 1.82) is 0 Å². The number of piperidine rings is 1. The van der Waals surface area contributed by atoms with E-state index in [1.54, 1.807) is 6.20 Å². The summed E-state index contributed by atoms with van der Waals surface area (Å²) in [5.74, 6) is 3.09. The Balaban J connectivity index is 1.70. The third kappa shape index (κ3) is 2.74. The fraction of sp³-hybridized carbons (Fsp3) is 0.381. The lowest BCUT2D eigenvalue weighted by molar-refractivity contribution is 0.246. The zero-order valence-corrected chi connectivity index (χ0v) is 16.6. The standard InChI is InChI=1S/C21H25N7/c1-25-12-6-7-15(13-25)20-23-21(28(24-20)19-10-11-22-27(19)3)17-14-26(2)18-9-5-4-8-16(17)18/h4-5,8-11,14-15H,6-7,12-13H2,1-3H3. The second-order valence-electron chi connectivity index (χ2n) is 7.79. The highest BCUT2D eigenvalue weighted by atomic mass is 15.4. The van der Waals surface area contributed by atoms with E-state index in [1.165, 1.54) is 17.3 Å². The van der Waals surface area contributed by atoms with Crippen molar-refractivity contribution in [3.8, 4) is 17.2 Å². The second kappa shape index (κ2) is 6.60. The van der Waals surface area contributed by atoms with E-state index in [0.29, 0.717) is 5.92 Å². The van der Waals surface area contributed by atoms with Crippen molar-refractivity contribution in [3.63, 3.8) is 0 Å². The summed E-state index contributed by atoms with van der Waals surface area (Å²) < 4.78 is 5.96. The van der Waals surface area contributed by atoms with Gasteiger partial charge in [0.2, 0.25) is 0 Å². The number of hydrogen-bond acceptors (Lipinski definition) is 4. The number of para-hydroxylation sites is 1. The summed E-state index contributed by atoms with van der Waals surface area (Å²) >= 11 is 0. The van der Waals surface area contributed by atoms with Crippen LogP contribution in [0.2, 0.25) is 0 Å². The van der Waals surface area contributed by atoms with E-state index >= 15 is 0 Å². The number of aromatic nitrogens is 6. The molecule has 7 nitrogen and oxygen atoms in total. The number of likely N-dealkylation sites (tertiary alicyclic amines) is 1. The first-order chi connectivity index (χ1) is 13.6. The second-order valence-corrected chi connectivity index (χ2v) is 7.79. The van der Waals surface area contributed by atoms with Gasteiger partial charge in [0, 0.05) is 55.3 Å². The third-order valence-corrected chi connectivity index (χ3v) is 5.76. The zero-order chi connectivity index (χ0) is 19.3. The van der Waals surface area contributed by atoms with E-state index in [0.717, 1.165) is 42.5 Å². The molecule has 0 radical (unpaired) electrons. The zero-order valence-electron chi connectivity index (χ0n) is 16.6. The third-order valence-electron chi connectivity index (χ3n) is 5.76. The van der Waals surface area contributed by atoms with Gasteiger partial charge in [0.15, 0.2) is 17.5 Å². The molecule has 1 atom stereocenters. The Bertz CT molecular complexity index is 1130. The lowest BCUT2D eigenvalue weighted by Gasteiger charge is -2.27. The number of rotatable bonds is 3. The Morgan fingerprint density at radius 1 is 1.07 bits per heavy atom. The molecule has 0 N–H and O–H groups in total. The van der Waals surface area contributed by atoms with Crippen LogP contribution in [0.25, 0.3) is 28.1 Å². The van der Waals surface area contributed by atoms with Gasteiger partial charge in [0.25, 0.3) is 0 Å². The molecule has 0 bridgehead atoms. The summed E-state index contributed by atoms with van der Waals surface area (Å²) in [6.45, 7) is 2.15. The molecule has 144 valence electrons. The highest BCUT2D eigenvalue weighted by Gasteiger charge is 2.26. The first-order valence-electron chi connectivity index (χ1n) is 9.80. The summed E-state index contributed by atoms with van der Waals surface area (Å²) in [4.78, 5) is 7.44. The first-order valence-corrected chi connectivity index (χ1v) is 9.80. The fourth-order valence-corrected chi connectivity index (χ4v) is 4.31. The molecular weight excluding hydrogens is 350 g/mol. The van der Waals surface area contributed by atoms with Crippen molar-refractivity contribution in [2.24, 2.45) is 14.1 Å². The molecule has 1 saturated heterocycles. The molecule has 0 saturated carbocycles. The molecular formula is C21H25N7. The van der Waals surface area contributed by atoms with Gasteiger partial charge in [0.1, 0.15) is 0 Å². The van der Waals surface area contributed by atoms with E-state index in [-0.39, 0.29) is 0 Å². The van der Waals surface area contributed by atoms with Crippen LogP contribution in [0.5, 0.6) is 0 Å². The minimum atomic E-state index is 0.363. The van der Waals surface area contributed by atoms with Crippen LogP contribution in [0.3, 0.4) is 0 Å². The van der Waals surface area contributed by atoms with Crippen LogP contribution in [0, 0.1) is 0 Å². The van der Waals surface area contributed by atoms with E-state index in [4.69, 9.17) is 10.1 Å². The topological polar surface area (TPSA) is 56.7 Å². The number of fused-ring (bicyclic) bond motifs is 1. The van der Waals surface area contributed by atoms with Gasteiger partial charge in [-0.3, -0.25) is 4.68 Å². The summed E-state index contributed by atoms with van der Waals surface area (Å²) in [6.07, 6.45) is 6.27. The Morgan fingerprint density at radius 2 is 1.93 bits per heavy atom. The maximum Gasteiger partial charge on any atom is 0.167 e. The van der Waals surface area contributed by atoms with Gasteiger partial charge in [-0.2, -0.15) is 9.78 Å². The van der Waals surface area contributed by atoms with Crippen LogP contribution in [-0.2, 0) is 14.1 Å². The molecule has 1 unspecified atom stereocenters. The van der Waals surface area contributed by atoms with Crippen molar-refractivity contribution in [3.05, 3.63) is 48.5 Å². The average molecular weight is 375 g/mol. The van der Waals surface area contributed by atoms with E-state index in [1.807, 2.05) is 22.5 Å². The number of nitrogens with zero attached hydrogens (tertiary/aromatic N) is 7. The van der Waals surface area contributed by atoms with Gasteiger partial charge in [-0.05, 0) is 32.5 Å². The molecule has 3 aromatic heterocycles. The monoisotopic (exact) mass is 375 g/mol. The Labute approximate surface area is 164 Å². The molecule has 0 amide bonds. The lowest BCUT2D eigenvalue weighted by Crippen LogP contribution is -2.31. The molecule has 1 aliphatic heterocycles. The quantitative estimate of drug-likeness (QED) is 0.552. The van der Waals surface area contributed by atoms with Crippen molar-refractivity contribution in [2.75, 3.05) is 20.1 Å². The van der Waals surface area contributed by atoms with E-state index in [9.17, 15) is 0 Å².